The van der Waals surface area contributed by atoms with Crippen molar-refractivity contribution in [2.24, 2.45) is 0 Å². The van der Waals surface area contributed by atoms with Gasteiger partial charge in [0.05, 0.1) is 11.2 Å². The van der Waals surface area contributed by atoms with Crippen molar-refractivity contribution in [1.82, 2.24) is 14.9 Å². The van der Waals surface area contributed by atoms with Crippen LogP contribution in [0.3, 0.4) is 0 Å². The largest absolute Gasteiger partial charge is 0.464 e. The lowest BCUT2D eigenvalue weighted by Crippen LogP contribution is -2.36. The molecule has 1 aliphatic rings. The number of benzene rings is 2. The van der Waals surface area contributed by atoms with E-state index in [-0.39, 0.29) is 10.1 Å². The monoisotopic (exact) mass is 592 g/mol. The number of ether oxygens (including phenoxy) is 1. The molecule has 1 N–H and O–H groups in total. The first-order valence-electron chi connectivity index (χ1n) is 11.4. The third kappa shape index (κ3) is 5.57. The molecule has 0 aliphatic carbocycles. The van der Waals surface area contributed by atoms with E-state index in [2.05, 4.69) is 14.9 Å². The van der Waals surface area contributed by atoms with Crippen LogP contribution in [0.1, 0.15) is 12.1 Å². The molecule has 3 heterocycles. The lowest BCUT2D eigenvalue weighted by atomic mass is 10.0. The molecule has 14 heteroatoms. The summed E-state index contributed by atoms with van der Waals surface area (Å²) in [6.45, 7) is 2.64. The first kappa shape index (κ1) is 26.9. The van der Waals surface area contributed by atoms with E-state index in [0.717, 1.165) is 41.9 Å². The minimum Gasteiger partial charge on any atom is -0.464 e. The minimum absolute atomic E-state index is 0.125. The number of aromatic nitrogens is 2. The Labute approximate surface area is 230 Å². The average Bonchev–Trinajstić information content (AvgIpc) is 3.38. The van der Waals surface area contributed by atoms with Crippen molar-refractivity contribution in [1.29, 1.82) is 0 Å². The molecule has 2 aromatic carbocycles. The second kappa shape index (κ2) is 10.8. The van der Waals surface area contributed by atoms with Crippen LogP contribution in [0.25, 0.3) is 11.1 Å². The minimum atomic E-state index is -5.06. The van der Waals surface area contributed by atoms with Gasteiger partial charge in [0.25, 0.3) is 10.0 Å². The summed E-state index contributed by atoms with van der Waals surface area (Å²) in [7, 11) is -5.06. The fraction of sp³-hybridized carbons (Fsp3) is 0.160. The van der Waals surface area contributed by atoms with Gasteiger partial charge in [0, 0.05) is 40.8 Å². The van der Waals surface area contributed by atoms with Crippen molar-refractivity contribution in [2.75, 3.05) is 17.4 Å². The first-order chi connectivity index (χ1) is 18.6. The summed E-state index contributed by atoms with van der Waals surface area (Å²) in [5.74, 6) is -3.59. The summed E-state index contributed by atoms with van der Waals surface area (Å²) in [5.41, 5.74) is 3.17. The van der Waals surface area contributed by atoms with Crippen LogP contribution in [-0.4, -0.2) is 47.6 Å². The van der Waals surface area contributed by atoms with E-state index in [1.165, 1.54) is 17.6 Å². The molecule has 4 aromatic rings. The smallest absolute Gasteiger partial charge is 0.427 e. The topological polar surface area (TPSA) is 113 Å². The molecule has 5 rings (SSSR count). The van der Waals surface area contributed by atoms with Crippen molar-refractivity contribution in [3.05, 3.63) is 81.9 Å². The molecule has 0 atom stereocenters. The highest BCUT2D eigenvalue weighted by Gasteiger charge is 2.35. The van der Waals surface area contributed by atoms with E-state index in [9.17, 15) is 18.3 Å². The standard InChI is InChI=1S/C25H19ClF2N4O5S2/c26-16-2-3-21(18(9-16)15-4-5-29-17(8-15)12-31-6-1-7-31)37-22-10-20(28)23(11-19(22)27)39(35,36)32(25(33)34)24-13-38-14-30-24/h2-5,8-11,13-14H,1,6-7,12H2,(H,33,34). The molecule has 1 fully saturated rings. The third-order valence-electron chi connectivity index (χ3n) is 5.93. The number of thiazole rings is 1. The number of carbonyl (C=O) groups is 1. The number of hydrogen-bond donors (Lipinski definition) is 1. The van der Waals surface area contributed by atoms with Crippen LogP contribution in [0.15, 0.2) is 64.4 Å². The maximum atomic E-state index is 15.1. The molecule has 202 valence electrons. The van der Waals surface area contributed by atoms with Crippen molar-refractivity contribution in [2.45, 2.75) is 17.9 Å². The number of halogens is 3. The Morgan fingerprint density at radius 2 is 1.90 bits per heavy atom. The summed E-state index contributed by atoms with van der Waals surface area (Å²) < 4.78 is 61.7. The number of rotatable bonds is 8. The quantitative estimate of drug-likeness (QED) is 0.265. The van der Waals surface area contributed by atoms with Gasteiger partial charge in [-0.15, -0.1) is 15.6 Å². The third-order valence-corrected chi connectivity index (χ3v) is 8.43. The SMILES string of the molecule is O=C(O)N(c1cscn1)S(=O)(=O)c1cc(F)c(Oc2ccc(Cl)cc2-c2ccnc(CN3CCC3)c2)cc1F. The second-order valence-electron chi connectivity index (χ2n) is 8.52. The van der Waals surface area contributed by atoms with Crippen LogP contribution < -0.4 is 9.04 Å². The van der Waals surface area contributed by atoms with Crippen LogP contribution in [0.5, 0.6) is 11.5 Å². The van der Waals surface area contributed by atoms with Crippen LogP contribution in [0.2, 0.25) is 5.02 Å². The van der Waals surface area contributed by atoms with E-state index >= 15 is 8.78 Å². The van der Waals surface area contributed by atoms with Gasteiger partial charge in [-0.1, -0.05) is 11.6 Å². The van der Waals surface area contributed by atoms with Crippen molar-refractivity contribution in [3.63, 3.8) is 0 Å². The van der Waals surface area contributed by atoms with Gasteiger partial charge in [-0.05, 0) is 55.4 Å². The summed E-state index contributed by atoms with van der Waals surface area (Å²) >= 11 is 7.14. The van der Waals surface area contributed by atoms with Crippen molar-refractivity contribution < 1.29 is 31.8 Å². The maximum absolute atomic E-state index is 15.1. The number of nitrogens with zero attached hydrogens (tertiary/aromatic N) is 4. The molecular formula is C25H19ClF2N4O5S2. The number of sulfonamides is 1. The zero-order chi connectivity index (χ0) is 27.7. The Morgan fingerprint density at radius 1 is 1.10 bits per heavy atom. The number of amides is 1. The van der Waals surface area contributed by atoms with E-state index in [1.807, 2.05) is 6.07 Å². The van der Waals surface area contributed by atoms with Gasteiger partial charge in [-0.3, -0.25) is 9.88 Å². The van der Waals surface area contributed by atoms with Gasteiger partial charge in [0.1, 0.15) is 16.5 Å². The molecule has 1 aliphatic heterocycles. The first-order valence-corrected chi connectivity index (χ1v) is 14.2. The number of likely N-dealkylation sites (tertiary alicyclic amines) is 1. The molecule has 0 radical (unpaired) electrons. The van der Waals surface area contributed by atoms with Crippen LogP contribution in [0.4, 0.5) is 19.4 Å². The van der Waals surface area contributed by atoms with E-state index in [4.69, 9.17) is 16.3 Å². The highest BCUT2D eigenvalue weighted by Crippen LogP contribution is 2.38. The van der Waals surface area contributed by atoms with Gasteiger partial charge in [-0.25, -0.2) is 27.0 Å². The summed E-state index contributed by atoms with van der Waals surface area (Å²) in [5, 5.41) is 11.0. The molecule has 0 saturated carbocycles. The Bertz CT molecular complexity index is 1650. The number of pyridine rings is 1. The number of carboxylic acid groups (broad SMARTS) is 1. The Balaban J connectivity index is 1.49. The summed E-state index contributed by atoms with van der Waals surface area (Å²) in [4.78, 5) is 20.8. The fourth-order valence-corrected chi connectivity index (χ4v) is 6.01. The molecule has 0 bridgehead atoms. The lowest BCUT2D eigenvalue weighted by molar-refractivity contribution is 0.170. The fourth-order valence-electron chi connectivity index (χ4n) is 3.95. The van der Waals surface area contributed by atoms with E-state index in [0.29, 0.717) is 34.8 Å². The highest BCUT2D eigenvalue weighted by atomic mass is 35.5. The molecular weight excluding hydrogens is 574 g/mol. The van der Waals surface area contributed by atoms with Gasteiger partial charge < -0.3 is 9.84 Å². The van der Waals surface area contributed by atoms with Gasteiger partial charge >= 0.3 is 6.09 Å². The predicted molar refractivity (Wildman–Crippen MR) is 141 cm³/mol. The normalized spacial score (nSPS) is 13.6. The van der Waals surface area contributed by atoms with Crippen molar-refractivity contribution in [3.8, 4) is 22.6 Å². The van der Waals surface area contributed by atoms with Crippen LogP contribution in [-0.2, 0) is 16.6 Å². The molecule has 0 spiro atoms. The molecule has 39 heavy (non-hydrogen) atoms. The van der Waals surface area contributed by atoms with E-state index in [1.54, 1.807) is 18.3 Å². The van der Waals surface area contributed by atoms with Crippen LogP contribution >= 0.6 is 22.9 Å². The zero-order valence-electron chi connectivity index (χ0n) is 19.9. The predicted octanol–water partition coefficient (Wildman–Crippen LogP) is 6.01. The average molecular weight is 593 g/mol. The molecule has 2 aromatic heterocycles. The number of anilines is 1. The molecule has 1 amide bonds. The van der Waals surface area contributed by atoms with Gasteiger partial charge in [0.15, 0.2) is 17.4 Å². The van der Waals surface area contributed by atoms with Crippen LogP contribution in [0, 0.1) is 11.6 Å². The molecule has 1 saturated heterocycles. The lowest BCUT2D eigenvalue weighted by Gasteiger charge is -2.30. The number of hydrogen-bond acceptors (Lipinski definition) is 8. The molecule has 9 nitrogen and oxygen atoms in total. The Kier molecular flexibility index (Phi) is 7.49. The molecule has 0 unspecified atom stereocenters. The summed E-state index contributed by atoms with van der Waals surface area (Å²) in [6, 6.07) is 9.08. The Morgan fingerprint density at radius 3 is 2.56 bits per heavy atom. The summed E-state index contributed by atoms with van der Waals surface area (Å²) in [6.07, 6.45) is 0.830. The van der Waals surface area contributed by atoms with Gasteiger partial charge in [0.2, 0.25) is 0 Å². The second-order valence-corrected chi connectivity index (χ2v) is 11.4. The Hall–Kier alpha value is -3.65. The highest BCUT2D eigenvalue weighted by molar-refractivity contribution is 7.93. The van der Waals surface area contributed by atoms with E-state index < -0.39 is 44.2 Å². The van der Waals surface area contributed by atoms with Gasteiger partial charge in [-0.2, -0.15) is 0 Å². The van der Waals surface area contributed by atoms with Crippen molar-refractivity contribution >= 4 is 44.9 Å². The maximum Gasteiger partial charge on any atom is 0.427 e. The zero-order valence-corrected chi connectivity index (χ0v) is 22.3.